The van der Waals surface area contributed by atoms with E-state index in [1.165, 1.54) is 23.0 Å². The standard InChI is InChI=1S/C12H12ClN3O3S/c1-16-6-5-14-12(16)20(18,19)8-11(17)15-10-4-2-3-9(13)7-10/h2-7H,8H2,1H3,(H,15,17). The molecule has 0 fully saturated rings. The van der Waals surface area contributed by atoms with Crippen LogP contribution in [0.15, 0.2) is 41.8 Å². The molecule has 2 aromatic rings. The van der Waals surface area contributed by atoms with Crippen molar-refractivity contribution in [2.24, 2.45) is 7.05 Å². The minimum atomic E-state index is -3.77. The number of aryl methyl sites for hydroxylation is 1. The lowest BCUT2D eigenvalue weighted by Crippen LogP contribution is -2.24. The Morgan fingerprint density at radius 3 is 2.80 bits per heavy atom. The van der Waals surface area contributed by atoms with Crippen LogP contribution < -0.4 is 5.32 Å². The van der Waals surface area contributed by atoms with E-state index in [2.05, 4.69) is 10.3 Å². The Morgan fingerprint density at radius 1 is 1.45 bits per heavy atom. The smallest absolute Gasteiger partial charge is 0.240 e. The third-order valence-corrected chi connectivity index (χ3v) is 4.31. The molecule has 8 heteroatoms. The zero-order valence-corrected chi connectivity index (χ0v) is 12.1. The fourth-order valence-corrected chi connectivity index (χ4v) is 3.11. The summed E-state index contributed by atoms with van der Waals surface area (Å²) < 4.78 is 25.4. The summed E-state index contributed by atoms with van der Waals surface area (Å²) in [5.41, 5.74) is 0.442. The van der Waals surface area contributed by atoms with Gasteiger partial charge in [-0.1, -0.05) is 17.7 Å². The highest BCUT2D eigenvalue weighted by molar-refractivity contribution is 7.92. The predicted octanol–water partition coefficient (Wildman–Crippen LogP) is 1.49. The molecule has 0 aliphatic rings. The van der Waals surface area contributed by atoms with E-state index in [4.69, 9.17) is 11.6 Å². The SMILES string of the molecule is Cn1ccnc1S(=O)(=O)CC(=O)Nc1cccc(Cl)c1. The summed E-state index contributed by atoms with van der Waals surface area (Å²) in [7, 11) is -2.22. The van der Waals surface area contributed by atoms with Crippen LogP contribution in [0.3, 0.4) is 0 Å². The third kappa shape index (κ3) is 3.37. The molecule has 1 aromatic heterocycles. The zero-order valence-electron chi connectivity index (χ0n) is 10.6. The Bertz CT molecular complexity index is 740. The van der Waals surface area contributed by atoms with Gasteiger partial charge in [0.2, 0.25) is 20.9 Å². The van der Waals surface area contributed by atoms with Crippen molar-refractivity contribution in [2.45, 2.75) is 5.16 Å². The first-order chi connectivity index (χ1) is 9.38. The van der Waals surface area contributed by atoms with Crippen LogP contribution in [0, 0.1) is 0 Å². The third-order valence-electron chi connectivity index (χ3n) is 2.48. The summed E-state index contributed by atoms with van der Waals surface area (Å²) in [4.78, 5) is 15.5. The first-order valence-electron chi connectivity index (χ1n) is 5.64. The Morgan fingerprint density at radius 2 is 2.20 bits per heavy atom. The number of nitrogens with zero attached hydrogens (tertiary/aromatic N) is 2. The molecule has 0 aliphatic carbocycles. The number of sulfone groups is 1. The fraction of sp³-hybridized carbons (Fsp3) is 0.167. The number of halogens is 1. The number of amides is 1. The highest BCUT2D eigenvalue weighted by Gasteiger charge is 2.23. The molecule has 0 bridgehead atoms. The Balaban J connectivity index is 2.11. The van der Waals surface area contributed by atoms with Crippen molar-refractivity contribution in [3.05, 3.63) is 41.7 Å². The minimum Gasteiger partial charge on any atom is -0.325 e. The van der Waals surface area contributed by atoms with E-state index in [9.17, 15) is 13.2 Å². The molecule has 0 aliphatic heterocycles. The summed E-state index contributed by atoms with van der Waals surface area (Å²) in [5.74, 6) is -1.32. The number of rotatable bonds is 4. The quantitative estimate of drug-likeness (QED) is 0.927. The summed E-state index contributed by atoms with van der Waals surface area (Å²) >= 11 is 5.78. The highest BCUT2D eigenvalue weighted by atomic mass is 35.5. The molecule has 106 valence electrons. The first kappa shape index (κ1) is 14.5. The lowest BCUT2D eigenvalue weighted by molar-refractivity contribution is -0.113. The first-order valence-corrected chi connectivity index (χ1v) is 7.67. The Hall–Kier alpha value is -1.86. The molecule has 0 unspecified atom stereocenters. The van der Waals surface area contributed by atoms with E-state index in [0.717, 1.165) is 0 Å². The summed E-state index contributed by atoms with van der Waals surface area (Å²) in [6, 6.07) is 6.47. The van der Waals surface area contributed by atoms with Crippen LogP contribution in [0.4, 0.5) is 5.69 Å². The van der Waals surface area contributed by atoms with Crippen LogP contribution in [0.5, 0.6) is 0 Å². The molecule has 1 heterocycles. The van der Waals surface area contributed by atoms with Gasteiger partial charge in [0, 0.05) is 30.2 Å². The van der Waals surface area contributed by atoms with E-state index in [1.54, 1.807) is 25.2 Å². The summed E-state index contributed by atoms with van der Waals surface area (Å²) in [6.07, 6.45) is 2.86. The molecule has 1 aromatic carbocycles. The van der Waals surface area contributed by atoms with Gasteiger partial charge in [-0.05, 0) is 18.2 Å². The van der Waals surface area contributed by atoms with Gasteiger partial charge >= 0.3 is 0 Å². The molecule has 1 N–H and O–H groups in total. The van der Waals surface area contributed by atoms with E-state index in [1.807, 2.05) is 0 Å². The molecule has 0 atom stereocenters. The molecule has 6 nitrogen and oxygen atoms in total. The molecule has 20 heavy (non-hydrogen) atoms. The average molecular weight is 314 g/mol. The molecule has 0 radical (unpaired) electrons. The monoisotopic (exact) mass is 313 g/mol. The summed E-state index contributed by atoms with van der Waals surface area (Å²) in [5, 5.41) is 2.79. The van der Waals surface area contributed by atoms with Gasteiger partial charge in [-0.15, -0.1) is 0 Å². The van der Waals surface area contributed by atoms with Crippen molar-refractivity contribution < 1.29 is 13.2 Å². The molecule has 2 rings (SSSR count). The lowest BCUT2D eigenvalue weighted by Gasteiger charge is -2.06. The van der Waals surface area contributed by atoms with E-state index in [0.29, 0.717) is 10.7 Å². The lowest BCUT2D eigenvalue weighted by atomic mass is 10.3. The maximum atomic E-state index is 12.0. The number of aromatic nitrogens is 2. The molecule has 0 saturated heterocycles. The number of hydrogen-bond donors (Lipinski definition) is 1. The summed E-state index contributed by atoms with van der Waals surface area (Å²) in [6.45, 7) is 0. The Kier molecular flexibility index (Phi) is 4.10. The number of carbonyl (C=O) groups is 1. The number of anilines is 1. The number of benzene rings is 1. The minimum absolute atomic E-state index is 0.140. The van der Waals surface area contributed by atoms with Gasteiger partial charge in [-0.3, -0.25) is 4.79 Å². The number of hydrogen-bond acceptors (Lipinski definition) is 4. The number of carbonyl (C=O) groups excluding carboxylic acids is 1. The van der Waals surface area contributed by atoms with Crippen LogP contribution in [0.2, 0.25) is 5.02 Å². The topological polar surface area (TPSA) is 81.1 Å². The van der Waals surface area contributed by atoms with E-state index >= 15 is 0 Å². The average Bonchev–Trinajstić information content (AvgIpc) is 2.75. The van der Waals surface area contributed by atoms with E-state index in [-0.39, 0.29) is 5.16 Å². The van der Waals surface area contributed by atoms with Gasteiger partial charge in [0.1, 0.15) is 5.75 Å². The van der Waals surface area contributed by atoms with Crippen LogP contribution in [-0.4, -0.2) is 29.6 Å². The molecular weight excluding hydrogens is 302 g/mol. The van der Waals surface area contributed by atoms with Crippen LogP contribution in [0.1, 0.15) is 0 Å². The molecular formula is C12H12ClN3O3S. The van der Waals surface area contributed by atoms with Gasteiger partial charge in [0.15, 0.2) is 0 Å². The van der Waals surface area contributed by atoms with Crippen molar-refractivity contribution in [3.8, 4) is 0 Å². The maximum Gasteiger partial charge on any atom is 0.240 e. The zero-order chi connectivity index (χ0) is 14.8. The van der Waals surface area contributed by atoms with Gasteiger partial charge in [-0.25, -0.2) is 13.4 Å². The largest absolute Gasteiger partial charge is 0.325 e. The number of imidazole rings is 1. The highest BCUT2D eigenvalue weighted by Crippen LogP contribution is 2.15. The molecule has 1 amide bonds. The normalized spacial score (nSPS) is 11.3. The second-order valence-corrected chi connectivity index (χ2v) is 6.46. The van der Waals surface area contributed by atoms with Gasteiger partial charge in [0.25, 0.3) is 0 Å². The van der Waals surface area contributed by atoms with Gasteiger partial charge < -0.3 is 9.88 Å². The van der Waals surface area contributed by atoms with Crippen molar-refractivity contribution in [3.63, 3.8) is 0 Å². The van der Waals surface area contributed by atoms with Crippen LogP contribution in [-0.2, 0) is 21.7 Å². The van der Waals surface area contributed by atoms with Crippen LogP contribution >= 0.6 is 11.6 Å². The Labute approximate surface area is 121 Å². The van der Waals surface area contributed by atoms with Crippen molar-refractivity contribution in [2.75, 3.05) is 11.1 Å². The van der Waals surface area contributed by atoms with Crippen molar-refractivity contribution in [1.29, 1.82) is 0 Å². The van der Waals surface area contributed by atoms with Crippen molar-refractivity contribution >= 4 is 33.0 Å². The maximum absolute atomic E-state index is 12.0. The molecule has 0 spiro atoms. The number of nitrogens with one attached hydrogen (secondary N) is 1. The van der Waals surface area contributed by atoms with E-state index < -0.39 is 21.5 Å². The predicted molar refractivity (Wildman–Crippen MR) is 75.3 cm³/mol. The van der Waals surface area contributed by atoms with Crippen molar-refractivity contribution in [1.82, 2.24) is 9.55 Å². The van der Waals surface area contributed by atoms with Gasteiger partial charge in [0.05, 0.1) is 0 Å². The molecule has 0 saturated carbocycles. The van der Waals surface area contributed by atoms with Gasteiger partial charge in [-0.2, -0.15) is 0 Å². The second kappa shape index (κ2) is 5.64. The fourth-order valence-electron chi connectivity index (χ4n) is 1.65. The van der Waals surface area contributed by atoms with Crippen LogP contribution in [0.25, 0.3) is 0 Å². The second-order valence-electron chi connectivity index (χ2n) is 4.14.